The molecule has 19 heavy (non-hydrogen) atoms. The van der Waals surface area contributed by atoms with Gasteiger partial charge in [-0.25, -0.2) is 0 Å². The molecular weight excluding hydrogens is 262 g/mol. The zero-order chi connectivity index (χ0) is 13.8. The Kier molecular flexibility index (Phi) is 3.78. The summed E-state index contributed by atoms with van der Waals surface area (Å²) in [5.41, 5.74) is 2.09. The maximum atomic E-state index is 10.8. The van der Waals surface area contributed by atoms with Crippen LogP contribution in [-0.2, 0) is 6.54 Å². The van der Waals surface area contributed by atoms with Crippen molar-refractivity contribution in [2.24, 2.45) is 0 Å². The Balaban J connectivity index is 2.14. The first-order chi connectivity index (χ1) is 9.11. The molecule has 0 saturated heterocycles. The number of nitro benzene ring substituents is 1. The first-order valence-electron chi connectivity index (χ1n) is 5.57. The third-order valence-electron chi connectivity index (χ3n) is 2.74. The molecule has 0 unspecified atom stereocenters. The molecule has 0 atom stereocenters. The van der Waals surface area contributed by atoms with Crippen molar-refractivity contribution in [3.05, 3.63) is 55.8 Å². The highest BCUT2D eigenvalue weighted by atomic mass is 32.1. The lowest BCUT2D eigenvalue weighted by molar-refractivity contribution is -0.385. The summed E-state index contributed by atoms with van der Waals surface area (Å²) in [5.74, 6) is 0. The van der Waals surface area contributed by atoms with Gasteiger partial charge in [0.05, 0.1) is 10.5 Å². The molecule has 0 amide bonds. The van der Waals surface area contributed by atoms with Gasteiger partial charge in [-0.15, -0.1) is 11.3 Å². The van der Waals surface area contributed by atoms with Gasteiger partial charge in [0.15, 0.2) is 0 Å². The summed E-state index contributed by atoms with van der Waals surface area (Å²) in [6.07, 6.45) is 0. The summed E-state index contributed by atoms with van der Waals surface area (Å²) < 4.78 is 0. The Hall–Kier alpha value is -2.39. The number of hydrogen-bond acceptors (Lipinski definition) is 5. The van der Waals surface area contributed by atoms with Crippen molar-refractivity contribution in [2.45, 2.75) is 13.5 Å². The zero-order valence-electron chi connectivity index (χ0n) is 10.2. The van der Waals surface area contributed by atoms with E-state index in [2.05, 4.69) is 11.4 Å². The molecule has 0 spiro atoms. The van der Waals surface area contributed by atoms with Crippen molar-refractivity contribution >= 4 is 22.7 Å². The second-order valence-electron chi connectivity index (χ2n) is 3.97. The fourth-order valence-electron chi connectivity index (χ4n) is 1.73. The number of nitriles is 1. The number of anilines is 1. The lowest BCUT2D eigenvalue weighted by Crippen LogP contribution is -2.01. The Morgan fingerprint density at radius 1 is 1.53 bits per heavy atom. The smallest absolute Gasteiger partial charge is 0.274 e. The van der Waals surface area contributed by atoms with E-state index in [9.17, 15) is 10.1 Å². The van der Waals surface area contributed by atoms with Gasteiger partial charge in [0.1, 0.15) is 6.07 Å². The number of benzene rings is 1. The molecule has 2 rings (SSSR count). The average molecular weight is 273 g/mol. The Morgan fingerprint density at radius 3 is 2.95 bits per heavy atom. The molecular formula is C13H11N3O2S. The van der Waals surface area contributed by atoms with E-state index >= 15 is 0 Å². The minimum absolute atomic E-state index is 0.105. The van der Waals surface area contributed by atoms with Crippen LogP contribution in [0.25, 0.3) is 0 Å². The topological polar surface area (TPSA) is 79.0 Å². The highest BCUT2D eigenvalue weighted by Gasteiger charge is 2.12. The van der Waals surface area contributed by atoms with Crippen LogP contribution >= 0.6 is 11.3 Å². The van der Waals surface area contributed by atoms with Crippen LogP contribution in [0.1, 0.15) is 16.0 Å². The Bertz CT molecular complexity index is 658. The lowest BCUT2D eigenvalue weighted by Gasteiger charge is -2.08. The summed E-state index contributed by atoms with van der Waals surface area (Å²) in [6.45, 7) is 2.27. The van der Waals surface area contributed by atoms with Crippen molar-refractivity contribution in [3.63, 3.8) is 0 Å². The largest absolute Gasteiger partial charge is 0.380 e. The Morgan fingerprint density at radius 2 is 2.32 bits per heavy atom. The maximum Gasteiger partial charge on any atom is 0.274 e. The van der Waals surface area contributed by atoms with Crippen LogP contribution in [-0.4, -0.2) is 4.92 Å². The van der Waals surface area contributed by atoms with E-state index < -0.39 is 0 Å². The minimum atomic E-state index is -0.389. The monoisotopic (exact) mass is 273 g/mol. The van der Waals surface area contributed by atoms with Gasteiger partial charge < -0.3 is 5.32 Å². The van der Waals surface area contributed by atoms with Crippen LogP contribution in [0.4, 0.5) is 11.4 Å². The van der Waals surface area contributed by atoms with Crippen molar-refractivity contribution < 1.29 is 4.92 Å². The van der Waals surface area contributed by atoms with Crippen LogP contribution < -0.4 is 5.32 Å². The van der Waals surface area contributed by atoms with E-state index in [1.807, 2.05) is 6.07 Å². The molecule has 0 saturated carbocycles. The normalized spacial score (nSPS) is 9.89. The van der Waals surface area contributed by atoms with E-state index in [0.29, 0.717) is 17.7 Å². The van der Waals surface area contributed by atoms with Gasteiger partial charge in [0.2, 0.25) is 0 Å². The van der Waals surface area contributed by atoms with E-state index in [-0.39, 0.29) is 10.6 Å². The fourth-order valence-corrected chi connectivity index (χ4v) is 2.48. The van der Waals surface area contributed by atoms with Gasteiger partial charge >= 0.3 is 0 Å². The average Bonchev–Trinajstić information content (AvgIpc) is 2.85. The van der Waals surface area contributed by atoms with Crippen LogP contribution in [0.2, 0.25) is 0 Å². The van der Waals surface area contributed by atoms with Crippen LogP contribution in [0.3, 0.4) is 0 Å². The SMILES string of the molecule is Cc1c(NCc2cc(C#N)cs2)cccc1[N+](=O)[O-]. The number of nitro groups is 1. The molecule has 0 fully saturated rings. The molecule has 96 valence electrons. The molecule has 1 N–H and O–H groups in total. The number of thiophene rings is 1. The minimum Gasteiger partial charge on any atom is -0.380 e. The summed E-state index contributed by atoms with van der Waals surface area (Å²) >= 11 is 1.49. The third-order valence-corrected chi connectivity index (χ3v) is 3.67. The number of nitrogens with zero attached hydrogens (tertiary/aromatic N) is 2. The molecule has 6 heteroatoms. The van der Waals surface area contributed by atoms with Gasteiger partial charge in [-0.05, 0) is 19.1 Å². The van der Waals surface area contributed by atoms with Gasteiger partial charge in [-0.1, -0.05) is 6.07 Å². The van der Waals surface area contributed by atoms with Gasteiger partial charge in [-0.2, -0.15) is 5.26 Å². The quantitative estimate of drug-likeness (QED) is 0.683. The molecule has 2 aromatic rings. The third kappa shape index (κ3) is 2.89. The molecule has 0 bridgehead atoms. The molecule has 1 aromatic carbocycles. The summed E-state index contributed by atoms with van der Waals surface area (Å²) in [7, 11) is 0. The highest BCUT2D eigenvalue weighted by molar-refractivity contribution is 7.10. The molecule has 0 aliphatic heterocycles. The summed E-state index contributed by atoms with van der Waals surface area (Å²) in [6, 6.07) is 8.83. The van der Waals surface area contributed by atoms with E-state index in [1.165, 1.54) is 17.4 Å². The standard InChI is InChI=1S/C13H11N3O2S/c1-9-12(3-2-4-13(9)16(17)18)15-7-11-5-10(6-14)8-19-11/h2-5,8,15H,7H2,1H3. The van der Waals surface area contributed by atoms with E-state index in [4.69, 9.17) is 5.26 Å². The van der Waals surface area contributed by atoms with Crippen molar-refractivity contribution in [3.8, 4) is 6.07 Å². The maximum absolute atomic E-state index is 10.8. The lowest BCUT2D eigenvalue weighted by atomic mass is 10.1. The predicted octanol–water partition coefficient (Wildman–Crippen LogP) is 3.45. The van der Waals surface area contributed by atoms with Crippen molar-refractivity contribution in [1.29, 1.82) is 5.26 Å². The van der Waals surface area contributed by atoms with E-state index in [0.717, 1.165) is 10.6 Å². The molecule has 0 aliphatic carbocycles. The van der Waals surface area contributed by atoms with Crippen molar-refractivity contribution in [2.75, 3.05) is 5.32 Å². The highest BCUT2D eigenvalue weighted by Crippen LogP contribution is 2.26. The Labute approximate surface area is 114 Å². The van der Waals surface area contributed by atoms with Crippen LogP contribution in [0, 0.1) is 28.4 Å². The molecule has 1 heterocycles. The van der Waals surface area contributed by atoms with Gasteiger partial charge in [0, 0.05) is 34.1 Å². The predicted molar refractivity (Wildman–Crippen MR) is 74.2 cm³/mol. The summed E-state index contributed by atoms with van der Waals surface area (Å²) in [4.78, 5) is 11.5. The first kappa shape index (κ1) is 13.1. The second-order valence-corrected chi connectivity index (χ2v) is 4.97. The summed E-state index contributed by atoms with van der Waals surface area (Å²) in [5, 5.41) is 24.5. The van der Waals surface area contributed by atoms with Gasteiger partial charge in [-0.3, -0.25) is 10.1 Å². The fraction of sp³-hybridized carbons (Fsp3) is 0.154. The van der Waals surface area contributed by atoms with Crippen LogP contribution in [0.5, 0.6) is 0 Å². The second kappa shape index (κ2) is 5.50. The molecule has 0 radical (unpaired) electrons. The van der Waals surface area contributed by atoms with E-state index in [1.54, 1.807) is 24.4 Å². The molecule has 0 aliphatic rings. The van der Waals surface area contributed by atoms with Crippen molar-refractivity contribution in [1.82, 2.24) is 0 Å². The molecule has 1 aromatic heterocycles. The first-order valence-corrected chi connectivity index (χ1v) is 6.45. The van der Waals surface area contributed by atoms with Crippen LogP contribution in [0.15, 0.2) is 29.6 Å². The number of hydrogen-bond donors (Lipinski definition) is 1. The number of nitrogens with one attached hydrogen (secondary N) is 1. The molecule has 5 nitrogen and oxygen atoms in total. The number of rotatable bonds is 4. The zero-order valence-corrected chi connectivity index (χ0v) is 11.0. The van der Waals surface area contributed by atoms with Gasteiger partial charge in [0.25, 0.3) is 5.69 Å².